The Labute approximate surface area is 164 Å². The number of hydrogen-bond donors (Lipinski definition) is 1. The van der Waals surface area contributed by atoms with E-state index in [9.17, 15) is 13.6 Å². The first-order valence-corrected chi connectivity index (χ1v) is 9.01. The van der Waals surface area contributed by atoms with Gasteiger partial charge in [0.1, 0.15) is 5.75 Å². The number of carbonyl (C=O) groups excluding carboxylic acids is 1. The maximum absolute atomic E-state index is 12.6. The van der Waals surface area contributed by atoms with Gasteiger partial charge in [0, 0.05) is 11.1 Å². The van der Waals surface area contributed by atoms with Crippen LogP contribution in [0.3, 0.4) is 0 Å². The Balaban J connectivity index is 2.24. The number of rotatable bonds is 8. The molecule has 1 N–H and O–H groups in total. The van der Waals surface area contributed by atoms with Crippen LogP contribution in [0.4, 0.5) is 8.78 Å². The van der Waals surface area contributed by atoms with E-state index in [1.165, 1.54) is 13.2 Å². The highest BCUT2D eigenvalue weighted by molar-refractivity contribution is 9.10. The number of nitrogens with one attached hydrogen (secondary N) is 1. The highest BCUT2D eigenvalue weighted by atomic mass is 79.9. The highest BCUT2D eigenvalue weighted by Crippen LogP contribution is 2.37. The number of alkyl halides is 2. The summed E-state index contributed by atoms with van der Waals surface area (Å²) in [5.41, 5.74) is 0.782. The monoisotopic (exact) mass is 443 g/mol. The molecule has 8 heteroatoms. The first-order valence-electron chi connectivity index (χ1n) is 8.22. The molecule has 0 saturated carbocycles. The summed E-state index contributed by atoms with van der Waals surface area (Å²) in [6.45, 7) is 1.03. The van der Waals surface area contributed by atoms with E-state index in [1.807, 2.05) is 6.92 Å². The Morgan fingerprint density at radius 1 is 1.22 bits per heavy atom. The minimum absolute atomic E-state index is 0.0192. The van der Waals surface area contributed by atoms with E-state index in [0.29, 0.717) is 33.7 Å². The van der Waals surface area contributed by atoms with E-state index in [-0.39, 0.29) is 5.75 Å². The van der Waals surface area contributed by atoms with E-state index in [2.05, 4.69) is 26.0 Å². The second-order valence-electron chi connectivity index (χ2n) is 5.53. The average Bonchev–Trinajstić information content (AvgIpc) is 2.63. The van der Waals surface area contributed by atoms with Crippen LogP contribution in [0.2, 0.25) is 0 Å². The van der Waals surface area contributed by atoms with E-state index in [4.69, 9.17) is 9.47 Å². The topological polar surface area (TPSA) is 56.8 Å². The van der Waals surface area contributed by atoms with E-state index in [0.717, 1.165) is 0 Å². The zero-order chi connectivity index (χ0) is 20.0. The molecule has 1 unspecified atom stereocenters. The van der Waals surface area contributed by atoms with Crippen molar-refractivity contribution in [3.8, 4) is 17.2 Å². The summed E-state index contributed by atoms with van der Waals surface area (Å²) in [5, 5.41) is 2.78. The van der Waals surface area contributed by atoms with Gasteiger partial charge in [0.2, 0.25) is 0 Å². The molecule has 2 rings (SSSR count). The van der Waals surface area contributed by atoms with Crippen LogP contribution in [-0.4, -0.2) is 26.2 Å². The van der Waals surface area contributed by atoms with Crippen molar-refractivity contribution in [3.05, 3.63) is 52.0 Å². The molecule has 2 aromatic carbocycles. The molecule has 0 aliphatic carbocycles. The Morgan fingerprint density at radius 3 is 2.56 bits per heavy atom. The van der Waals surface area contributed by atoms with Crippen LogP contribution in [0.15, 0.2) is 40.9 Å². The molecule has 0 fully saturated rings. The van der Waals surface area contributed by atoms with Crippen molar-refractivity contribution < 1.29 is 27.8 Å². The molecule has 2 aromatic rings. The van der Waals surface area contributed by atoms with Crippen LogP contribution >= 0.6 is 15.9 Å². The molecule has 0 heterocycles. The van der Waals surface area contributed by atoms with Crippen LogP contribution in [0.25, 0.3) is 0 Å². The maximum Gasteiger partial charge on any atom is 0.387 e. The normalized spacial score (nSPS) is 11.8. The summed E-state index contributed by atoms with van der Waals surface area (Å²) in [7, 11) is 1.48. The molecular formula is C19H20BrF2NO4. The maximum atomic E-state index is 12.6. The smallest absolute Gasteiger partial charge is 0.387 e. The van der Waals surface area contributed by atoms with Gasteiger partial charge in [0.25, 0.3) is 5.91 Å². The van der Waals surface area contributed by atoms with Gasteiger partial charge in [-0.25, -0.2) is 0 Å². The highest BCUT2D eigenvalue weighted by Gasteiger charge is 2.19. The molecule has 0 aliphatic heterocycles. The molecular weight excluding hydrogens is 424 g/mol. The lowest BCUT2D eigenvalue weighted by Crippen LogP contribution is -2.27. The third kappa shape index (κ3) is 5.32. The molecule has 0 radical (unpaired) electrons. The number of ether oxygens (including phenoxy) is 3. The summed E-state index contributed by atoms with van der Waals surface area (Å²) in [6.07, 6.45) is 0. The second kappa shape index (κ2) is 9.55. The number of halogens is 3. The van der Waals surface area contributed by atoms with Crippen molar-refractivity contribution in [2.24, 2.45) is 0 Å². The molecule has 146 valence electrons. The van der Waals surface area contributed by atoms with Crippen molar-refractivity contribution >= 4 is 21.8 Å². The number of hydrogen-bond acceptors (Lipinski definition) is 4. The fourth-order valence-electron chi connectivity index (χ4n) is 2.53. The van der Waals surface area contributed by atoms with E-state index in [1.54, 1.807) is 37.3 Å². The molecule has 0 aromatic heterocycles. The van der Waals surface area contributed by atoms with Crippen LogP contribution in [0.5, 0.6) is 17.2 Å². The van der Waals surface area contributed by atoms with Crippen molar-refractivity contribution in [2.45, 2.75) is 26.5 Å². The zero-order valence-electron chi connectivity index (χ0n) is 15.1. The number of benzene rings is 2. The molecule has 1 amide bonds. The quantitative estimate of drug-likeness (QED) is 0.626. The summed E-state index contributed by atoms with van der Waals surface area (Å²) >= 11 is 3.37. The van der Waals surface area contributed by atoms with Gasteiger partial charge in [-0.05, 0) is 48.0 Å². The number of para-hydroxylation sites is 1. The van der Waals surface area contributed by atoms with Gasteiger partial charge in [-0.2, -0.15) is 8.78 Å². The number of methoxy groups -OCH3 is 1. The molecule has 27 heavy (non-hydrogen) atoms. The Hall–Kier alpha value is -2.35. The third-order valence-corrected chi connectivity index (χ3v) is 4.32. The summed E-state index contributed by atoms with van der Waals surface area (Å²) in [5.74, 6) is 0.535. The fraction of sp³-hybridized carbons (Fsp3) is 0.316. The minimum atomic E-state index is -2.94. The lowest BCUT2D eigenvalue weighted by Gasteiger charge is -2.19. The molecule has 5 nitrogen and oxygen atoms in total. The van der Waals surface area contributed by atoms with Crippen molar-refractivity contribution in [3.63, 3.8) is 0 Å². The molecule has 0 spiro atoms. The number of carbonyl (C=O) groups is 1. The van der Waals surface area contributed by atoms with Crippen molar-refractivity contribution in [1.82, 2.24) is 5.32 Å². The second-order valence-corrected chi connectivity index (χ2v) is 6.39. The first kappa shape index (κ1) is 21.0. The predicted octanol–water partition coefficient (Wildman–Crippen LogP) is 4.95. The van der Waals surface area contributed by atoms with Crippen molar-refractivity contribution in [2.75, 3.05) is 13.7 Å². The largest absolute Gasteiger partial charge is 0.493 e. The van der Waals surface area contributed by atoms with Crippen LogP contribution < -0.4 is 19.5 Å². The zero-order valence-corrected chi connectivity index (χ0v) is 16.7. The van der Waals surface area contributed by atoms with Crippen LogP contribution in [-0.2, 0) is 0 Å². The summed E-state index contributed by atoms with van der Waals surface area (Å²) in [6, 6.07) is 8.94. The van der Waals surface area contributed by atoms with Gasteiger partial charge in [0.15, 0.2) is 11.5 Å². The molecule has 0 bridgehead atoms. The Bertz CT molecular complexity index is 801. The van der Waals surface area contributed by atoms with Gasteiger partial charge in [-0.15, -0.1) is 0 Å². The van der Waals surface area contributed by atoms with Crippen LogP contribution in [0.1, 0.15) is 35.8 Å². The van der Waals surface area contributed by atoms with Gasteiger partial charge < -0.3 is 19.5 Å². The number of amides is 1. The lowest BCUT2D eigenvalue weighted by atomic mass is 10.1. The lowest BCUT2D eigenvalue weighted by molar-refractivity contribution is -0.0506. The first-order chi connectivity index (χ1) is 12.9. The van der Waals surface area contributed by atoms with E-state index >= 15 is 0 Å². The van der Waals surface area contributed by atoms with Gasteiger partial charge >= 0.3 is 6.61 Å². The summed E-state index contributed by atoms with van der Waals surface area (Å²) < 4.78 is 41.0. The average molecular weight is 444 g/mol. The SMILES string of the molecule is CCOc1c(Br)cc(C(=O)NC(C)c2ccccc2OC(F)F)cc1OC. The summed E-state index contributed by atoms with van der Waals surface area (Å²) in [4.78, 5) is 12.6. The van der Waals surface area contributed by atoms with Crippen molar-refractivity contribution in [1.29, 1.82) is 0 Å². The third-order valence-electron chi connectivity index (χ3n) is 3.73. The fourth-order valence-corrected chi connectivity index (χ4v) is 3.09. The predicted molar refractivity (Wildman–Crippen MR) is 101 cm³/mol. The Kier molecular flexibility index (Phi) is 7.41. The Morgan fingerprint density at radius 2 is 1.93 bits per heavy atom. The standard InChI is InChI=1S/C19H20BrF2NO4/c1-4-26-17-14(20)9-12(10-16(17)25-3)18(24)23-11(2)13-7-5-6-8-15(13)27-19(21)22/h5-11,19H,4H2,1-3H3,(H,23,24). The molecule has 1 atom stereocenters. The van der Waals surface area contributed by atoms with Crippen LogP contribution in [0, 0.1) is 0 Å². The van der Waals surface area contributed by atoms with E-state index < -0.39 is 18.6 Å². The van der Waals surface area contributed by atoms with Gasteiger partial charge in [-0.1, -0.05) is 18.2 Å². The minimum Gasteiger partial charge on any atom is -0.493 e. The van der Waals surface area contributed by atoms with Gasteiger partial charge in [0.05, 0.1) is 24.2 Å². The van der Waals surface area contributed by atoms with Gasteiger partial charge in [-0.3, -0.25) is 4.79 Å². The molecule has 0 aliphatic rings. The molecule has 0 saturated heterocycles.